The van der Waals surface area contributed by atoms with Gasteiger partial charge < -0.3 is 0 Å². The van der Waals surface area contributed by atoms with Gasteiger partial charge in [0.05, 0.1) is 5.69 Å². The van der Waals surface area contributed by atoms with Gasteiger partial charge in [0.1, 0.15) is 0 Å². The lowest BCUT2D eigenvalue weighted by Crippen LogP contribution is -2.39. The topological polar surface area (TPSA) is 31.9 Å². The molecule has 2 rings (SSSR count). The quantitative estimate of drug-likeness (QED) is 0.849. The summed E-state index contributed by atoms with van der Waals surface area (Å²) < 4.78 is 0. The van der Waals surface area contributed by atoms with Crippen LogP contribution >= 0.6 is 0 Å². The summed E-state index contributed by atoms with van der Waals surface area (Å²) in [5, 5.41) is 7.42. The summed E-state index contributed by atoms with van der Waals surface area (Å²) >= 11 is 0. The molecular formula is C14H25N3. The van der Waals surface area contributed by atoms with E-state index in [-0.39, 0.29) is 0 Å². The minimum absolute atomic E-state index is 0.662. The van der Waals surface area contributed by atoms with Gasteiger partial charge in [0.25, 0.3) is 0 Å². The molecule has 0 amide bonds. The minimum Gasteiger partial charge on any atom is -0.292 e. The largest absolute Gasteiger partial charge is 0.292 e. The number of rotatable bonds is 5. The van der Waals surface area contributed by atoms with E-state index in [1.54, 1.807) is 0 Å². The van der Waals surface area contributed by atoms with Gasteiger partial charge in [-0.05, 0) is 39.2 Å². The molecule has 1 aliphatic carbocycles. The SMILES string of the molecule is CCC(C)N(Cc1cc(C)[nH]n1)C1CCCC1. The Kier molecular flexibility index (Phi) is 4.21. The number of aryl methyl sites for hydroxylation is 1. The Labute approximate surface area is 105 Å². The van der Waals surface area contributed by atoms with Crippen molar-refractivity contribution in [2.24, 2.45) is 0 Å². The maximum atomic E-state index is 4.38. The van der Waals surface area contributed by atoms with Crippen molar-refractivity contribution in [3.63, 3.8) is 0 Å². The van der Waals surface area contributed by atoms with E-state index in [4.69, 9.17) is 0 Å². The van der Waals surface area contributed by atoms with Crippen LogP contribution in [0.1, 0.15) is 57.3 Å². The van der Waals surface area contributed by atoms with E-state index in [0.717, 1.165) is 18.3 Å². The molecule has 1 atom stereocenters. The monoisotopic (exact) mass is 235 g/mol. The molecule has 3 nitrogen and oxygen atoms in total. The van der Waals surface area contributed by atoms with Crippen LogP contribution in [0, 0.1) is 6.92 Å². The molecule has 0 radical (unpaired) electrons. The summed E-state index contributed by atoms with van der Waals surface area (Å²) in [5.74, 6) is 0. The first-order chi connectivity index (χ1) is 8.20. The molecule has 17 heavy (non-hydrogen) atoms. The van der Waals surface area contributed by atoms with Gasteiger partial charge in [-0.25, -0.2) is 0 Å². The minimum atomic E-state index is 0.662. The zero-order chi connectivity index (χ0) is 12.3. The van der Waals surface area contributed by atoms with Gasteiger partial charge in [-0.15, -0.1) is 0 Å². The predicted octanol–water partition coefficient (Wildman–Crippen LogP) is 3.26. The van der Waals surface area contributed by atoms with E-state index < -0.39 is 0 Å². The Morgan fingerprint density at radius 1 is 1.47 bits per heavy atom. The highest BCUT2D eigenvalue weighted by atomic mass is 15.2. The molecule has 3 heteroatoms. The Hall–Kier alpha value is -0.830. The molecule has 1 fully saturated rings. The molecule has 1 heterocycles. The third-order valence-electron chi connectivity index (χ3n) is 4.05. The number of H-pyrrole nitrogens is 1. The maximum Gasteiger partial charge on any atom is 0.0765 e. The van der Waals surface area contributed by atoms with Gasteiger partial charge in [0.2, 0.25) is 0 Å². The van der Waals surface area contributed by atoms with E-state index in [9.17, 15) is 0 Å². The van der Waals surface area contributed by atoms with E-state index in [1.165, 1.54) is 37.8 Å². The number of aromatic amines is 1. The molecular weight excluding hydrogens is 210 g/mol. The second-order valence-corrected chi connectivity index (χ2v) is 5.41. The Bertz CT molecular complexity index is 339. The third-order valence-corrected chi connectivity index (χ3v) is 4.05. The highest BCUT2D eigenvalue weighted by molar-refractivity contribution is 5.07. The highest BCUT2D eigenvalue weighted by Crippen LogP contribution is 2.27. The molecule has 1 saturated carbocycles. The summed E-state index contributed by atoms with van der Waals surface area (Å²) in [4.78, 5) is 2.66. The van der Waals surface area contributed by atoms with Crippen molar-refractivity contribution in [3.05, 3.63) is 17.5 Å². The lowest BCUT2D eigenvalue weighted by atomic mass is 10.1. The molecule has 0 spiro atoms. The molecule has 1 aliphatic rings. The summed E-state index contributed by atoms with van der Waals surface area (Å²) in [6, 6.07) is 3.61. The van der Waals surface area contributed by atoms with E-state index in [2.05, 4.69) is 41.9 Å². The molecule has 1 aromatic heterocycles. The predicted molar refractivity (Wildman–Crippen MR) is 70.9 cm³/mol. The molecule has 0 bridgehead atoms. The van der Waals surface area contributed by atoms with Crippen LogP contribution in [0.3, 0.4) is 0 Å². The zero-order valence-corrected chi connectivity index (χ0v) is 11.4. The summed E-state index contributed by atoms with van der Waals surface area (Å²) in [7, 11) is 0. The number of hydrogen-bond donors (Lipinski definition) is 1. The van der Waals surface area contributed by atoms with Gasteiger partial charge in [0, 0.05) is 24.3 Å². The van der Waals surface area contributed by atoms with Crippen molar-refractivity contribution in [1.82, 2.24) is 15.1 Å². The van der Waals surface area contributed by atoms with Crippen LogP contribution in [-0.2, 0) is 6.54 Å². The molecule has 0 aromatic carbocycles. The fraction of sp³-hybridized carbons (Fsp3) is 0.786. The number of hydrogen-bond acceptors (Lipinski definition) is 2. The van der Waals surface area contributed by atoms with Crippen molar-refractivity contribution in [2.75, 3.05) is 0 Å². The fourth-order valence-electron chi connectivity index (χ4n) is 2.86. The van der Waals surface area contributed by atoms with Gasteiger partial charge in [-0.3, -0.25) is 10.00 Å². The van der Waals surface area contributed by atoms with Crippen LogP contribution in [0.2, 0.25) is 0 Å². The maximum absolute atomic E-state index is 4.38. The van der Waals surface area contributed by atoms with Crippen molar-refractivity contribution < 1.29 is 0 Å². The summed E-state index contributed by atoms with van der Waals surface area (Å²) in [6.45, 7) is 7.70. The molecule has 0 aliphatic heterocycles. The van der Waals surface area contributed by atoms with E-state index in [0.29, 0.717) is 6.04 Å². The zero-order valence-electron chi connectivity index (χ0n) is 11.4. The van der Waals surface area contributed by atoms with Gasteiger partial charge in [-0.2, -0.15) is 5.10 Å². The first-order valence-electron chi connectivity index (χ1n) is 6.97. The standard InChI is InChI=1S/C14H25N3/c1-4-12(3)17(14-7-5-6-8-14)10-13-9-11(2)15-16-13/h9,12,14H,4-8,10H2,1-3H3,(H,15,16). The first-order valence-corrected chi connectivity index (χ1v) is 6.97. The molecule has 1 unspecified atom stereocenters. The van der Waals surface area contributed by atoms with Crippen molar-refractivity contribution in [1.29, 1.82) is 0 Å². The number of nitrogens with zero attached hydrogens (tertiary/aromatic N) is 2. The van der Waals surface area contributed by atoms with Crippen LogP contribution in [0.15, 0.2) is 6.07 Å². The van der Waals surface area contributed by atoms with Crippen molar-refractivity contribution >= 4 is 0 Å². The fourth-order valence-corrected chi connectivity index (χ4v) is 2.86. The number of nitrogens with one attached hydrogen (secondary N) is 1. The van der Waals surface area contributed by atoms with E-state index in [1.807, 2.05) is 0 Å². The van der Waals surface area contributed by atoms with Gasteiger partial charge in [0.15, 0.2) is 0 Å². The van der Waals surface area contributed by atoms with Crippen LogP contribution < -0.4 is 0 Å². The van der Waals surface area contributed by atoms with E-state index >= 15 is 0 Å². The third kappa shape index (κ3) is 3.09. The van der Waals surface area contributed by atoms with Gasteiger partial charge >= 0.3 is 0 Å². The summed E-state index contributed by atoms with van der Waals surface area (Å²) in [5.41, 5.74) is 2.35. The van der Waals surface area contributed by atoms with Crippen LogP contribution in [0.4, 0.5) is 0 Å². The smallest absolute Gasteiger partial charge is 0.0765 e. The Morgan fingerprint density at radius 2 is 2.18 bits per heavy atom. The van der Waals surface area contributed by atoms with Crippen molar-refractivity contribution in [2.45, 2.75) is 71.5 Å². The summed E-state index contributed by atoms with van der Waals surface area (Å²) in [6.07, 6.45) is 6.76. The van der Waals surface area contributed by atoms with Crippen molar-refractivity contribution in [3.8, 4) is 0 Å². The second kappa shape index (κ2) is 5.67. The Morgan fingerprint density at radius 3 is 2.71 bits per heavy atom. The lowest BCUT2D eigenvalue weighted by Gasteiger charge is -2.33. The average molecular weight is 235 g/mol. The van der Waals surface area contributed by atoms with Gasteiger partial charge in [-0.1, -0.05) is 19.8 Å². The average Bonchev–Trinajstić information content (AvgIpc) is 2.96. The highest BCUT2D eigenvalue weighted by Gasteiger charge is 2.26. The Balaban J connectivity index is 2.04. The lowest BCUT2D eigenvalue weighted by molar-refractivity contribution is 0.131. The first kappa shape index (κ1) is 12.6. The number of aromatic nitrogens is 2. The normalized spacial score (nSPS) is 19.1. The van der Waals surface area contributed by atoms with Crippen LogP contribution in [0.25, 0.3) is 0 Å². The molecule has 0 saturated heterocycles. The second-order valence-electron chi connectivity index (χ2n) is 5.41. The van der Waals surface area contributed by atoms with Crippen LogP contribution in [0.5, 0.6) is 0 Å². The van der Waals surface area contributed by atoms with Crippen LogP contribution in [-0.4, -0.2) is 27.2 Å². The molecule has 1 N–H and O–H groups in total. The molecule has 96 valence electrons. The molecule has 1 aromatic rings.